The highest BCUT2D eigenvalue weighted by Crippen LogP contribution is 2.33. The molecule has 2 aromatic carbocycles. The van der Waals surface area contributed by atoms with Gasteiger partial charge in [-0.2, -0.15) is 0 Å². The van der Waals surface area contributed by atoms with Gasteiger partial charge in [0.25, 0.3) is 0 Å². The average molecular weight is 475 g/mol. The zero-order valence-electron chi connectivity index (χ0n) is 21.1. The summed E-state index contributed by atoms with van der Waals surface area (Å²) in [5.41, 5.74) is 17.0. The molecule has 1 heterocycles. The molecule has 0 radical (unpaired) electrons. The van der Waals surface area contributed by atoms with Crippen LogP contribution in [-0.2, 0) is 13.0 Å². The Morgan fingerprint density at radius 1 is 1.06 bits per heavy atom. The van der Waals surface area contributed by atoms with Gasteiger partial charge in [0.1, 0.15) is 5.82 Å². The number of aryl methyl sites for hydroxylation is 1. The minimum absolute atomic E-state index is 0.361. The van der Waals surface area contributed by atoms with Gasteiger partial charge < -0.3 is 21.7 Å². The summed E-state index contributed by atoms with van der Waals surface area (Å²) in [7, 11) is 4.13. The van der Waals surface area contributed by atoms with Crippen molar-refractivity contribution in [1.82, 2.24) is 4.98 Å². The van der Waals surface area contributed by atoms with E-state index < -0.39 is 6.03 Å². The Bertz CT molecular complexity index is 1150. The van der Waals surface area contributed by atoms with Crippen LogP contribution >= 0.6 is 0 Å². The predicted molar refractivity (Wildman–Crippen MR) is 146 cm³/mol. The number of urea groups is 1. The molecule has 1 fully saturated rings. The van der Waals surface area contributed by atoms with E-state index in [1.807, 2.05) is 18.2 Å². The van der Waals surface area contributed by atoms with Gasteiger partial charge in [-0.05, 0) is 55.2 Å². The number of anilines is 3. The number of pyridine rings is 1. The molecule has 7 nitrogen and oxygen atoms in total. The van der Waals surface area contributed by atoms with E-state index in [0.717, 1.165) is 71.3 Å². The topological polar surface area (TPSA) is 101 Å². The van der Waals surface area contributed by atoms with Gasteiger partial charge in [0.05, 0.1) is 11.2 Å². The van der Waals surface area contributed by atoms with Crippen LogP contribution in [0.1, 0.15) is 43.7 Å². The summed E-state index contributed by atoms with van der Waals surface area (Å²) in [6.07, 6.45) is 4.95. The van der Waals surface area contributed by atoms with E-state index in [4.69, 9.17) is 16.5 Å². The van der Waals surface area contributed by atoms with Crippen LogP contribution in [0.25, 0.3) is 10.9 Å². The van der Waals surface area contributed by atoms with Gasteiger partial charge in [-0.3, -0.25) is 4.90 Å². The van der Waals surface area contributed by atoms with E-state index in [-0.39, 0.29) is 0 Å². The van der Waals surface area contributed by atoms with Crippen LogP contribution in [-0.4, -0.2) is 37.7 Å². The number of rotatable bonds is 8. The molecular weight excluding hydrogens is 436 g/mol. The summed E-state index contributed by atoms with van der Waals surface area (Å²) in [4.78, 5) is 21.2. The molecule has 1 aromatic heterocycles. The fourth-order valence-electron chi connectivity index (χ4n) is 5.29. The van der Waals surface area contributed by atoms with E-state index >= 15 is 0 Å². The van der Waals surface area contributed by atoms with Crippen LogP contribution in [0.2, 0.25) is 0 Å². The maximum absolute atomic E-state index is 12.5. The van der Waals surface area contributed by atoms with Crippen LogP contribution in [0.4, 0.5) is 22.0 Å². The molecule has 1 saturated carbocycles. The van der Waals surface area contributed by atoms with Crippen molar-refractivity contribution in [1.29, 1.82) is 0 Å². The van der Waals surface area contributed by atoms with E-state index in [1.54, 1.807) is 4.90 Å². The standard InChI is InChI=1S/C28H38N6O/c1-4-20-8-7-9-21(17-29)27(20)34(28(30)35)18-19-12-14-22(15-13-19)31-26-16-25(33(2)3)23-10-5-6-11-24(23)32-26/h5-11,16,19,22H,4,12-15,17-18,29H2,1-3H3,(H2,30,35)(H,31,32)/t19-,22+. The van der Waals surface area contributed by atoms with Crippen LogP contribution in [0, 0.1) is 5.92 Å². The number of amides is 2. The molecule has 1 aliphatic rings. The maximum Gasteiger partial charge on any atom is 0.319 e. The molecule has 0 aliphatic heterocycles. The van der Waals surface area contributed by atoms with Gasteiger partial charge in [-0.15, -0.1) is 0 Å². The molecule has 2 amide bonds. The normalized spacial score (nSPS) is 17.8. The van der Waals surface area contributed by atoms with Gasteiger partial charge in [0, 0.05) is 50.4 Å². The highest BCUT2D eigenvalue weighted by atomic mass is 16.2. The molecular formula is C28H38N6O. The SMILES string of the molecule is CCc1cccc(CN)c1N(C[C@H]1CC[C@@H](Nc2cc(N(C)C)c3ccccc3n2)CC1)C(N)=O. The number of hydrogen-bond donors (Lipinski definition) is 3. The third kappa shape index (κ3) is 5.51. The summed E-state index contributed by atoms with van der Waals surface area (Å²) < 4.78 is 0. The largest absolute Gasteiger partial charge is 0.377 e. The average Bonchev–Trinajstić information content (AvgIpc) is 2.87. The van der Waals surface area contributed by atoms with Gasteiger partial charge in [0.2, 0.25) is 0 Å². The first-order chi connectivity index (χ1) is 16.9. The third-order valence-electron chi connectivity index (χ3n) is 7.16. The number of aromatic nitrogens is 1. The molecule has 5 N–H and O–H groups in total. The van der Waals surface area contributed by atoms with Gasteiger partial charge >= 0.3 is 6.03 Å². The Labute approximate surface area is 208 Å². The van der Waals surface area contributed by atoms with Crippen molar-refractivity contribution in [2.45, 2.75) is 51.6 Å². The molecule has 0 saturated heterocycles. The Kier molecular flexibility index (Phi) is 7.76. The quantitative estimate of drug-likeness (QED) is 0.432. The Balaban J connectivity index is 1.44. The van der Waals surface area contributed by atoms with E-state index in [0.29, 0.717) is 25.0 Å². The summed E-state index contributed by atoms with van der Waals surface area (Å²) in [5.74, 6) is 1.32. The fourth-order valence-corrected chi connectivity index (χ4v) is 5.29. The van der Waals surface area contributed by atoms with Crippen molar-refractivity contribution in [2.75, 3.05) is 35.8 Å². The van der Waals surface area contributed by atoms with Crippen molar-refractivity contribution in [2.24, 2.45) is 17.4 Å². The number of hydrogen-bond acceptors (Lipinski definition) is 5. The minimum atomic E-state index is -0.405. The highest BCUT2D eigenvalue weighted by molar-refractivity contribution is 5.93. The molecule has 4 rings (SSSR count). The lowest BCUT2D eigenvalue weighted by Crippen LogP contribution is -2.42. The highest BCUT2D eigenvalue weighted by Gasteiger charge is 2.27. The fraction of sp³-hybridized carbons (Fsp3) is 0.429. The lowest BCUT2D eigenvalue weighted by Gasteiger charge is -2.34. The van der Waals surface area contributed by atoms with E-state index in [2.05, 4.69) is 61.6 Å². The zero-order valence-corrected chi connectivity index (χ0v) is 21.1. The monoisotopic (exact) mass is 474 g/mol. The Hall–Kier alpha value is -3.32. The first kappa shape index (κ1) is 24.8. The van der Waals surface area contributed by atoms with E-state index in [9.17, 15) is 4.79 Å². The molecule has 7 heteroatoms. The number of fused-ring (bicyclic) bond motifs is 1. The summed E-state index contributed by atoms with van der Waals surface area (Å²) in [5, 5.41) is 4.83. The lowest BCUT2D eigenvalue weighted by atomic mass is 9.85. The molecule has 0 spiro atoms. The van der Waals surface area contributed by atoms with Gasteiger partial charge in [-0.25, -0.2) is 9.78 Å². The Morgan fingerprint density at radius 2 is 1.77 bits per heavy atom. The van der Waals surface area contributed by atoms with Crippen LogP contribution in [0.5, 0.6) is 0 Å². The Morgan fingerprint density at radius 3 is 2.43 bits per heavy atom. The third-order valence-corrected chi connectivity index (χ3v) is 7.16. The molecule has 35 heavy (non-hydrogen) atoms. The van der Waals surface area contributed by atoms with Crippen LogP contribution in [0.3, 0.4) is 0 Å². The predicted octanol–water partition coefficient (Wildman–Crippen LogP) is 4.88. The number of benzene rings is 2. The van der Waals surface area contributed by atoms with Gasteiger partial charge in [0.15, 0.2) is 0 Å². The van der Waals surface area contributed by atoms with Crippen molar-refractivity contribution < 1.29 is 4.79 Å². The van der Waals surface area contributed by atoms with Crippen molar-refractivity contribution >= 4 is 34.1 Å². The van der Waals surface area contributed by atoms with Crippen molar-refractivity contribution in [3.8, 4) is 0 Å². The first-order valence-electron chi connectivity index (χ1n) is 12.6. The molecule has 1 aliphatic carbocycles. The smallest absolute Gasteiger partial charge is 0.319 e. The number of primary amides is 1. The number of nitrogens with one attached hydrogen (secondary N) is 1. The summed E-state index contributed by atoms with van der Waals surface area (Å²) in [6.45, 7) is 3.11. The lowest BCUT2D eigenvalue weighted by molar-refractivity contribution is 0.250. The van der Waals surface area contributed by atoms with E-state index in [1.165, 1.54) is 0 Å². The second kappa shape index (κ2) is 11.0. The molecule has 0 unspecified atom stereocenters. The molecule has 186 valence electrons. The van der Waals surface area contributed by atoms with Crippen molar-refractivity contribution in [3.05, 3.63) is 59.7 Å². The number of para-hydroxylation sites is 2. The second-order valence-electron chi connectivity index (χ2n) is 9.73. The zero-order chi connectivity index (χ0) is 24.9. The van der Waals surface area contributed by atoms with Gasteiger partial charge in [-0.1, -0.05) is 43.3 Å². The number of nitrogens with zero attached hydrogens (tertiary/aromatic N) is 3. The number of nitrogens with two attached hydrogens (primary N) is 2. The number of carbonyl (C=O) groups is 1. The van der Waals surface area contributed by atoms with Crippen molar-refractivity contribution in [3.63, 3.8) is 0 Å². The van der Waals surface area contributed by atoms with Crippen LogP contribution < -0.4 is 26.6 Å². The summed E-state index contributed by atoms with van der Waals surface area (Å²) in [6, 6.07) is 16.4. The maximum atomic E-state index is 12.5. The van der Waals surface area contributed by atoms with Crippen LogP contribution in [0.15, 0.2) is 48.5 Å². The molecule has 0 atom stereocenters. The molecule has 0 bridgehead atoms. The molecule has 3 aromatic rings. The first-order valence-corrected chi connectivity index (χ1v) is 12.6. The number of carbonyl (C=O) groups excluding carboxylic acids is 1. The minimum Gasteiger partial charge on any atom is -0.377 e. The second-order valence-corrected chi connectivity index (χ2v) is 9.73. The summed E-state index contributed by atoms with van der Waals surface area (Å²) >= 11 is 0.